The zero-order chi connectivity index (χ0) is 12.1. The standard InChI is InChI=1S/C12H15N3S2/c1-9-14-15-12(17-9)16-8-2-3-10-4-6-11(13)7-5-10/h4-7H,2-3,8,13H2,1H3. The van der Waals surface area contributed by atoms with E-state index in [1.165, 1.54) is 5.56 Å². The molecule has 0 saturated carbocycles. The summed E-state index contributed by atoms with van der Waals surface area (Å²) in [5.74, 6) is 1.08. The van der Waals surface area contributed by atoms with E-state index in [1.807, 2.05) is 19.1 Å². The lowest BCUT2D eigenvalue weighted by atomic mass is 10.1. The number of rotatable bonds is 5. The maximum atomic E-state index is 5.64. The molecule has 0 aliphatic heterocycles. The Morgan fingerprint density at radius 1 is 1.24 bits per heavy atom. The third kappa shape index (κ3) is 4.02. The molecule has 17 heavy (non-hydrogen) atoms. The Balaban J connectivity index is 1.71. The summed E-state index contributed by atoms with van der Waals surface area (Å²) < 4.78 is 1.07. The van der Waals surface area contributed by atoms with Crippen molar-refractivity contribution in [3.8, 4) is 0 Å². The van der Waals surface area contributed by atoms with Gasteiger partial charge in [0.15, 0.2) is 4.34 Å². The third-order valence-corrected chi connectivity index (χ3v) is 4.38. The van der Waals surface area contributed by atoms with Crippen LogP contribution < -0.4 is 5.73 Å². The molecule has 0 spiro atoms. The van der Waals surface area contributed by atoms with E-state index in [1.54, 1.807) is 23.1 Å². The molecule has 0 aliphatic rings. The summed E-state index contributed by atoms with van der Waals surface area (Å²) in [5, 5.41) is 9.12. The van der Waals surface area contributed by atoms with Gasteiger partial charge in [-0.15, -0.1) is 10.2 Å². The zero-order valence-corrected chi connectivity index (χ0v) is 11.4. The van der Waals surface area contributed by atoms with Gasteiger partial charge in [-0.1, -0.05) is 35.2 Å². The number of anilines is 1. The first kappa shape index (κ1) is 12.4. The molecule has 90 valence electrons. The summed E-state index contributed by atoms with van der Waals surface area (Å²) in [7, 11) is 0. The van der Waals surface area contributed by atoms with Crippen molar-refractivity contribution in [1.82, 2.24) is 10.2 Å². The summed E-state index contributed by atoms with van der Waals surface area (Å²) >= 11 is 3.44. The molecule has 1 aromatic heterocycles. The fraction of sp³-hybridized carbons (Fsp3) is 0.333. The van der Waals surface area contributed by atoms with Crippen LogP contribution >= 0.6 is 23.1 Å². The highest BCUT2D eigenvalue weighted by atomic mass is 32.2. The van der Waals surface area contributed by atoms with Gasteiger partial charge in [-0.3, -0.25) is 0 Å². The molecule has 1 heterocycles. The second-order valence-corrected chi connectivity index (χ2v) is 6.30. The Hall–Kier alpha value is -1.07. The first-order valence-corrected chi connectivity index (χ1v) is 7.31. The van der Waals surface area contributed by atoms with E-state index in [4.69, 9.17) is 5.73 Å². The lowest BCUT2D eigenvalue weighted by Crippen LogP contribution is -1.89. The van der Waals surface area contributed by atoms with Crippen LogP contribution in [0.1, 0.15) is 17.0 Å². The summed E-state index contributed by atoms with van der Waals surface area (Å²) in [4.78, 5) is 0. The van der Waals surface area contributed by atoms with Crippen LogP contribution in [0.5, 0.6) is 0 Å². The van der Waals surface area contributed by atoms with E-state index in [2.05, 4.69) is 22.3 Å². The Morgan fingerprint density at radius 3 is 2.65 bits per heavy atom. The Labute approximate surface area is 109 Å². The van der Waals surface area contributed by atoms with Gasteiger partial charge in [-0.05, 0) is 37.5 Å². The van der Waals surface area contributed by atoms with Crippen LogP contribution in [0, 0.1) is 6.92 Å². The number of benzene rings is 1. The lowest BCUT2D eigenvalue weighted by molar-refractivity contribution is 0.928. The molecule has 0 unspecified atom stereocenters. The molecular formula is C12H15N3S2. The Morgan fingerprint density at radius 2 is 2.00 bits per heavy atom. The molecule has 0 saturated heterocycles. The van der Waals surface area contributed by atoms with Crippen LogP contribution in [-0.4, -0.2) is 16.0 Å². The minimum absolute atomic E-state index is 0.826. The maximum Gasteiger partial charge on any atom is 0.174 e. The average Bonchev–Trinajstić information content (AvgIpc) is 2.73. The van der Waals surface area contributed by atoms with Gasteiger partial charge in [0.05, 0.1) is 0 Å². The van der Waals surface area contributed by atoms with Crippen molar-refractivity contribution >= 4 is 28.8 Å². The smallest absolute Gasteiger partial charge is 0.174 e. The molecule has 0 amide bonds. The van der Waals surface area contributed by atoms with Crippen LogP contribution in [0.4, 0.5) is 5.69 Å². The van der Waals surface area contributed by atoms with Gasteiger partial charge in [-0.2, -0.15) is 0 Å². The van der Waals surface area contributed by atoms with Gasteiger partial charge in [0.1, 0.15) is 5.01 Å². The highest BCUT2D eigenvalue weighted by Gasteiger charge is 2.00. The first-order valence-electron chi connectivity index (χ1n) is 5.51. The summed E-state index contributed by atoms with van der Waals surface area (Å²) in [6.07, 6.45) is 2.23. The van der Waals surface area contributed by atoms with Crippen LogP contribution in [0.2, 0.25) is 0 Å². The molecule has 0 aliphatic carbocycles. The molecule has 2 aromatic rings. The van der Waals surface area contributed by atoms with Crippen LogP contribution in [0.25, 0.3) is 0 Å². The minimum atomic E-state index is 0.826. The highest BCUT2D eigenvalue weighted by molar-refractivity contribution is 8.01. The zero-order valence-electron chi connectivity index (χ0n) is 9.72. The van der Waals surface area contributed by atoms with Crippen LogP contribution in [0.3, 0.4) is 0 Å². The number of aryl methyl sites for hydroxylation is 2. The van der Waals surface area contributed by atoms with E-state index in [0.29, 0.717) is 0 Å². The predicted molar refractivity (Wildman–Crippen MR) is 74.5 cm³/mol. The molecule has 0 bridgehead atoms. The van der Waals surface area contributed by atoms with Gasteiger partial charge >= 0.3 is 0 Å². The fourth-order valence-corrected chi connectivity index (χ4v) is 3.28. The van der Waals surface area contributed by atoms with E-state index < -0.39 is 0 Å². The normalized spacial score (nSPS) is 10.6. The fourth-order valence-electron chi connectivity index (χ4n) is 1.46. The van der Waals surface area contributed by atoms with Crippen molar-refractivity contribution in [1.29, 1.82) is 0 Å². The molecule has 2 rings (SSSR count). The van der Waals surface area contributed by atoms with Crippen molar-refractivity contribution in [2.45, 2.75) is 24.1 Å². The SMILES string of the molecule is Cc1nnc(SCCCc2ccc(N)cc2)s1. The molecular weight excluding hydrogens is 250 g/mol. The highest BCUT2D eigenvalue weighted by Crippen LogP contribution is 2.22. The number of hydrogen-bond donors (Lipinski definition) is 1. The summed E-state index contributed by atoms with van der Waals surface area (Å²) in [5.41, 5.74) is 7.81. The lowest BCUT2D eigenvalue weighted by Gasteiger charge is -2.01. The second-order valence-electron chi connectivity index (χ2n) is 3.78. The molecule has 0 radical (unpaired) electrons. The molecule has 5 heteroatoms. The molecule has 0 fully saturated rings. The molecule has 3 nitrogen and oxygen atoms in total. The largest absolute Gasteiger partial charge is 0.399 e. The van der Waals surface area contributed by atoms with E-state index in [9.17, 15) is 0 Å². The van der Waals surface area contributed by atoms with Crippen molar-refractivity contribution in [3.63, 3.8) is 0 Å². The van der Waals surface area contributed by atoms with Gasteiger partial charge in [0, 0.05) is 11.4 Å². The topological polar surface area (TPSA) is 51.8 Å². The van der Waals surface area contributed by atoms with Gasteiger partial charge in [0.25, 0.3) is 0 Å². The average molecular weight is 265 g/mol. The van der Waals surface area contributed by atoms with Crippen LogP contribution in [-0.2, 0) is 6.42 Å². The number of aromatic nitrogens is 2. The van der Waals surface area contributed by atoms with Gasteiger partial charge in [-0.25, -0.2) is 0 Å². The quantitative estimate of drug-likeness (QED) is 0.512. The van der Waals surface area contributed by atoms with Gasteiger partial charge < -0.3 is 5.73 Å². The first-order chi connectivity index (χ1) is 8.24. The Bertz CT molecular complexity index is 465. The van der Waals surface area contributed by atoms with Crippen molar-refractivity contribution in [2.24, 2.45) is 0 Å². The maximum absolute atomic E-state index is 5.64. The van der Waals surface area contributed by atoms with Crippen molar-refractivity contribution in [3.05, 3.63) is 34.8 Å². The molecule has 0 atom stereocenters. The number of thioether (sulfide) groups is 1. The Kier molecular flexibility index (Phi) is 4.39. The van der Waals surface area contributed by atoms with E-state index >= 15 is 0 Å². The third-order valence-electron chi connectivity index (χ3n) is 2.32. The second kappa shape index (κ2) is 6.02. The summed E-state index contributed by atoms with van der Waals surface area (Å²) in [6, 6.07) is 8.09. The summed E-state index contributed by atoms with van der Waals surface area (Å²) in [6.45, 7) is 1.98. The number of hydrogen-bond acceptors (Lipinski definition) is 5. The predicted octanol–water partition coefficient (Wildman–Crippen LogP) is 3.15. The monoisotopic (exact) mass is 265 g/mol. The molecule has 1 aromatic carbocycles. The molecule has 2 N–H and O–H groups in total. The van der Waals surface area contributed by atoms with E-state index in [-0.39, 0.29) is 0 Å². The van der Waals surface area contributed by atoms with Crippen LogP contribution in [0.15, 0.2) is 28.6 Å². The van der Waals surface area contributed by atoms with E-state index in [0.717, 1.165) is 33.6 Å². The van der Waals surface area contributed by atoms with Crippen molar-refractivity contribution < 1.29 is 0 Å². The van der Waals surface area contributed by atoms with Crippen molar-refractivity contribution in [2.75, 3.05) is 11.5 Å². The minimum Gasteiger partial charge on any atom is -0.399 e. The number of nitrogens with two attached hydrogens (primary N) is 1. The number of nitrogens with zero attached hydrogens (tertiary/aromatic N) is 2. The number of nitrogen functional groups attached to an aromatic ring is 1. The van der Waals surface area contributed by atoms with Gasteiger partial charge in [0.2, 0.25) is 0 Å².